The molecule has 30 heavy (non-hydrogen) atoms. The third-order valence-electron chi connectivity index (χ3n) is 4.24. The quantitative estimate of drug-likeness (QED) is 0.295. The number of allylic oxidation sites excluding steroid dienone is 1. The van der Waals surface area contributed by atoms with E-state index in [2.05, 4.69) is 0 Å². The van der Waals surface area contributed by atoms with E-state index in [4.69, 9.17) is 9.47 Å². The Morgan fingerprint density at radius 1 is 0.967 bits per heavy atom. The van der Waals surface area contributed by atoms with Gasteiger partial charge >= 0.3 is 6.11 Å². The molecule has 0 N–H and O–H groups in total. The Hall–Kier alpha value is -3.35. The van der Waals surface area contributed by atoms with Crippen LogP contribution in [0.4, 0.5) is 22.0 Å². The van der Waals surface area contributed by atoms with Gasteiger partial charge in [-0.05, 0) is 54.8 Å². The summed E-state index contributed by atoms with van der Waals surface area (Å²) in [6, 6.07) is 11.3. The van der Waals surface area contributed by atoms with Crippen LogP contribution in [0.1, 0.15) is 18.1 Å². The smallest absolute Gasteiger partial charge is 0.426 e. The third kappa shape index (κ3) is 4.97. The molecule has 0 aliphatic rings. The zero-order valence-electron chi connectivity index (χ0n) is 15.8. The lowest BCUT2D eigenvalue weighted by atomic mass is 10.1. The lowest BCUT2D eigenvalue weighted by Crippen LogP contribution is -2.21. The lowest BCUT2D eigenvalue weighted by molar-refractivity contribution is -0.185. The molecule has 0 heterocycles. The highest BCUT2D eigenvalue weighted by molar-refractivity contribution is 5.86. The highest BCUT2D eigenvalue weighted by Gasteiger charge is 2.34. The van der Waals surface area contributed by atoms with Crippen LogP contribution in [0.25, 0.3) is 16.8 Å². The number of hydrogen-bond acceptors (Lipinski definition) is 2. The summed E-state index contributed by atoms with van der Waals surface area (Å²) in [6.45, 7) is 2.16. The number of hydrogen-bond donors (Lipinski definition) is 0. The van der Waals surface area contributed by atoms with Crippen molar-refractivity contribution >= 4 is 16.8 Å². The summed E-state index contributed by atoms with van der Waals surface area (Å²) < 4.78 is 78.4. The maximum Gasteiger partial charge on any atom is 0.426 e. The molecule has 0 radical (unpaired) electrons. The molecule has 3 aromatic carbocycles. The van der Waals surface area contributed by atoms with Crippen molar-refractivity contribution in [3.05, 3.63) is 89.8 Å². The molecule has 0 spiro atoms. The Bertz CT molecular complexity index is 1080. The van der Waals surface area contributed by atoms with Crippen LogP contribution in [0.3, 0.4) is 0 Å². The van der Waals surface area contributed by atoms with E-state index in [0.717, 1.165) is 12.1 Å². The van der Waals surface area contributed by atoms with Crippen molar-refractivity contribution in [3.8, 4) is 11.5 Å². The summed E-state index contributed by atoms with van der Waals surface area (Å²) in [5.74, 6) is -0.629. The summed E-state index contributed by atoms with van der Waals surface area (Å²) in [6.07, 6.45) is -1.69. The van der Waals surface area contributed by atoms with E-state index >= 15 is 0 Å². The van der Waals surface area contributed by atoms with Gasteiger partial charge in [0.25, 0.3) is 6.08 Å². The molecule has 2 nitrogen and oxygen atoms in total. The van der Waals surface area contributed by atoms with Crippen LogP contribution < -0.4 is 9.47 Å². The number of halogens is 5. The molecule has 0 fully saturated rings. The summed E-state index contributed by atoms with van der Waals surface area (Å²) in [4.78, 5) is 0. The van der Waals surface area contributed by atoms with Crippen molar-refractivity contribution in [1.29, 1.82) is 0 Å². The molecule has 0 saturated heterocycles. The van der Waals surface area contributed by atoms with Crippen LogP contribution in [-0.2, 0) is 6.11 Å². The molecule has 0 bridgehead atoms. The van der Waals surface area contributed by atoms with E-state index in [1.807, 2.05) is 13.0 Å². The number of alkyl halides is 2. The van der Waals surface area contributed by atoms with Crippen molar-refractivity contribution < 1.29 is 31.4 Å². The highest BCUT2D eigenvalue weighted by Crippen LogP contribution is 2.34. The van der Waals surface area contributed by atoms with Gasteiger partial charge in [0.15, 0.2) is 0 Å². The maximum atomic E-state index is 14.5. The second-order valence-corrected chi connectivity index (χ2v) is 6.31. The molecular formula is C23H17F5O2. The van der Waals surface area contributed by atoms with Gasteiger partial charge in [0, 0.05) is 17.0 Å². The standard InChI is InChI=1S/C23H17F5O2/c1-2-3-12-29-18-8-6-17(7-9-18)23(27,28)30-19-10-11-20-15(13-19)4-5-16(22(20)26)14-21(24)25/h2-11,13-14H,12H2,1H3. The predicted octanol–water partition coefficient (Wildman–Crippen LogP) is 7.30. The number of fused-ring (bicyclic) bond motifs is 1. The van der Waals surface area contributed by atoms with Gasteiger partial charge in [-0.1, -0.05) is 24.3 Å². The fourth-order valence-electron chi connectivity index (χ4n) is 2.77. The molecule has 0 amide bonds. The molecule has 0 aliphatic carbocycles. The highest BCUT2D eigenvalue weighted by atomic mass is 19.3. The van der Waals surface area contributed by atoms with E-state index in [1.54, 1.807) is 6.08 Å². The zero-order chi connectivity index (χ0) is 21.7. The third-order valence-corrected chi connectivity index (χ3v) is 4.24. The SMILES string of the molecule is CC=CCOc1ccc(C(F)(F)Oc2ccc3c(F)c(C=C(F)F)ccc3c2)cc1. The topological polar surface area (TPSA) is 18.5 Å². The molecule has 3 aromatic rings. The van der Waals surface area contributed by atoms with Crippen LogP contribution in [0.2, 0.25) is 0 Å². The van der Waals surface area contributed by atoms with E-state index in [9.17, 15) is 22.0 Å². The maximum absolute atomic E-state index is 14.5. The van der Waals surface area contributed by atoms with Gasteiger partial charge in [-0.15, -0.1) is 0 Å². The Balaban J connectivity index is 1.81. The van der Waals surface area contributed by atoms with Gasteiger partial charge in [0.1, 0.15) is 23.9 Å². The van der Waals surface area contributed by atoms with Crippen LogP contribution in [0.5, 0.6) is 11.5 Å². The minimum absolute atomic E-state index is 0.0169. The van der Waals surface area contributed by atoms with Crippen molar-refractivity contribution in [2.75, 3.05) is 6.61 Å². The first-order chi connectivity index (χ1) is 14.3. The Kier molecular flexibility index (Phi) is 6.40. The molecule has 0 saturated carbocycles. The van der Waals surface area contributed by atoms with Crippen LogP contribution in [-0.4, -0.2) is 6.61 Å². The minimum atomic E-state index is -3.64. The second-order valence-electron chi connectivity index (χ2n) is 6.31. The molecule has 0 atom stereocenters. The average Bonchev–Trinajstić information content (AvgIpc) is 2.70. The number of ether oxygens (including phenoxy) is 2. The number of rotatable bonds is 7. The van der Waals surface area contributed by atoms with Gasteiger partial charge in [-0.3, -0.25) is 0 Å². The largest absolute Gasteiger partial charge is 0.490 e. The van der Waals surface area contributed by atoms with Gasteiger partial charge in [0.05, 0.1) is 5.56 Å². The van der Waals surface area contributed by atoms with Gasteiger partial charge in [0.2, 0.25) is 0 Å². The summed E-state index contributed by atoms with van der Waals surface area (Å²) in [5.41, 5.74) is -0.677. The molecular weight excluding hydrogens is 403 g/mol. The van der Waals surface area contributed by atoms with E-state index in [0.29, 0.717) is 18.4 Å². The average molecular weight is 420 g/mol. The number of benzene rings is 3. The summed E-state index contributed by atoms with van der Waals surface area (Å²) in [7, 11) is 0. The monoisotopic (exact) mass is 420 g/mol. The fourth-order valence-corrected chi connectivity index (χ4v) is 2.77. The second kappa shape index (κ2) is 8.98. The van der Waals surface area contributed by atoms with Crippen molar-refractivity contribution in [3.63, 3.8) is 0 Å². The fraction of sp³-hybridized carbons (Fsp3) is 0.130. The van der Waals surface area contributed by atoms with Crippen LogP contribution in [0, 0.1) is 5.82 Å². The van der Waals surface area contributed by atoms with Crippen LogP contribution >= 0.6 is 0 Å². The Morgan fingerprint density at radius 2 is 1.67 bits per heavy atom. The van der Waals surface area contributed by atoms with E-state index in [-0.39, 0.29) is 27.6 Å². The lowest BCUT2D eigenvalue weighted by Gasteiger charge is -2.19. The molecule has 0 aliphatic heterocycles. The zero-order valence-corrected chi connectivity index (χ0v) is 15.8. The van der Waals surface area contributed by atoms with Crippen molar-refractivity contribution in [1.82, 2.24) is 0 Å². The summed E-state index contributed by atoms with van der Waals surface area (Å²) in [5, 5.41) is 0.258. The van der Waals surface area contributed by atoms with Gasteiger partial charge < -0.3 is 9.47 Å². The minimum Gasteiger partial charge on any atom is -0.490 e. The predicted molar refractivity (Wildman–Crippen MR) is 105 cm³/mol. The Labute approximate surface area is 169 Å². The first-order valence-electron chi connectivity index (χ1n) is 8.96. The molecule has 156 valence electrons. The first-order valence-corrected chi connectivity index (χ1v) is 8.96. The van der Waals surface area contributed by atoms with Gasteiger partial charge in [-0.2, -0.15) is 17.6 Å². The molecule has 3 rings (SSSR count). The molecule has 0 aromatic heterocycles. The van der Waals surface area contributed by atoms with Crippen molar-refractivity contribution in [2.45, 2.75) is 13.0 Å². The van der Waals surface area contributed by atoms with Crippen molar-refractivity contribution in [2.24, 2.45) is 0 Å². The molecule has 0 unspecified atom stereocenters. The first kappa shape index (κ1) is 21.4. The summed E-state index contributed by atoms with van der Waals surface area (Å²) >= 11 is 0. The normalized spacial score (nSPS) is 11.7. The molecule has 7 heteroatoms. The van der Waals surface area contributed by atoms with Crippen LogP contribution in [0.15, 0.2) is 72.8 Å². The van der Waals surface area contributed by atoms with E-state index < -0.39 is 18.0 Å². The Morgan fingerprint density at radius 3 is 2.33 bits per heavy atom. The van der Waals surface area contributed by atoms with E-state index in [1.165, 1.54) is 42.5 Å². The van der Waals surface area contributed by atoms with Gasteiger partial charge in [-0.25, -0.2) is 4.39 Å².